The van der Waals surface area contributed by atoms with Crippen LogP contribution in [-0.2, 0) is 6.42 Å². The van der Waals surface area contributed by atoms with Crippen LogP contribution < -0.4 is 9.47 Å². The quantitative estimate of drug-likeness (QED) is 0.796. The molecule has 2 aromatic rings. The first-order valence-electron chi connectivity index (χ1n) is 7.24. The highest BCUT2D eigenvalue weighted by atomic mass is 16.7. The number of aromatic nitrogens is 1. The minimum Gasteiger partial charge on any atom is -0.454 e. The van der Waals surface area contributed by atoms with Gasteiger partial charge < -0.3 is 14.4 Å². The van der Waals surface area contributed by atoms with Crippen LogP contribution in [0.1, 0.15) is 11.1 Å². The molecule has 1 aromatic heterocycles. The molecule has 0 atom stereocenters. The molecule has 0 saturated heterocycles. The summed E-state index contributed by atoms with van der Waals surface area (Å²) in [5.41, 5.74) is 3.03. The number of hydrogen-bond acceptors (Lipinski definition) is 5. The predicted octanol–water partition coefficient (Wildman–Crippen LogP) is 2.67. The Labute approximate surface area is 130 Å². The van der Waals surface area contributed by atoms with Gasteiger partial charge in [-0.3, -0.25) is 9.98 Å². The number of pyridine rings is 1. The van der Waals surface area contributed by atoms with Crippen molar-refractivity contribution in [1.82, 2.24) is 9.88 Å². The van der Waals surface area contributed by atoms with Gasteiger partial charge in [0.05, 0.1) is 5.69 Å². The summed E-state index contributed by atoms with van der Waals surface area (Å²) in [4.78, 5) is 10.9. The zero-order valence-electron chi connectivity index (χ0n) is 12.8. The molecule has 0 unspecified atom stereocenters. The van der Waals surface area contributed by atoms with E-state index in [4.69, 9.17) is 9.47 Å². The Morgan fingerprint density at radius 2 is 2.09 bits per heavy atom. The van der Waals surface area contributed by atoms with Crippen molar-refractivity contribution in [1.29, 1.82) is 0 Å². The van der Waals surface area contributed by atoms with Gasteiger partial charge in [0, 0.05) is 36.8 Å². The van der Waals surface area contributed by atoms with Crippen molar-refractivity contribution in [3.05, 3.63) is 47.8 Å². The summed E-state index contributed by atoms with van der Waals surface area (Å²) in [6.45, 7) is 1.23. The third kappa shape index (κ3) is 3.43. The van der Waals surface area contributed by atoms with E-state index in [-0.39, 0.29) is 6.79 Å². The summed E-state index contributed by atoms with van der Waals surface area (Å²) in [5.74, 6) is 1.56. The third-order valence-electron chi connectivity index (χ3n) is 3.44. The first-order valence-corrected chi connectivity index (χ1v) is 7.24. The van der Waals surface area contributed by atoms with E-state index in [1.807, 2.05) is 30.5 Å². The Kier molecular flexibility index (Phi) is 4.34. The maximum Gasteiger partial charge on any atom is 0.231 e. The van der Waals surface area contributed by atoms with Gasteiger partial charge in [0.1, 0.15) is 0 Å². The molecule has 3 rings (SSSR count). The average Bonchev–Trinajstić information content (AvgIpc) is 2.98. The summed E-state index contributed by atoms with van der Waals surface area (Å²) in [5, 5.41) is 0. The van der Waals surface area contributed by atoms with Crippen LogP contribution in [0.15, 0.2) is 41.7 Å². The van der Waals surface area contributed by atoms with Crippen molar-refractivity contribution in [2.24, 2.45) is 4.99 Å². The van der Waals surface area contributed by atoms with Crippen LogP contribution in [0, 0.1) is 0 Å². The molecule has 0 N–H and O–H groups in total. The van der Waals surface area contributed by atoms with Gasteiger partial charge in [-0.15, -0.1) is 0 Å². The zero-order chi connectivity index (χ0) is 15.4. The van der Waals surface area contributed by atoms with Gasteiger partial charge >= 0.3 is 0 Å². The van der Waals surface area contributed by atoms with Gasteiger partial charge in [0.2, 0.25) is 6.79 Å². The summed E-state index contributed by atoms with van der Waals surface area (Å²) in [6, 6.07) is 7.85. The summed E-state index contributed by atoms with van der Waals surface area (Å²) >= 11 is 0. The highest BCUT2D eigenvalue weighted by Crippen LogP contribution is 2.38. The largest absolute Gasteiger partial charge is 0.454 e. The minimum absolute atomic E-state index is 0.276. The number of ether oxygens (including phenoxy) is 2. The normalized spacial score (nSPS) is 13.2. The number of fused-ring (bicyclic) bond motifs is 1. The molecule has 22 heavy (non-hydrogen) atoms. The molecular weight excluding hydrogens is 278 g/mol. The van der Waals surface area contributed by atoms with Crippen LogP contribution >= 0.6 is 0 Å². The van der Waals surface area contributed by atoms with E-state index in [0.717, 1.165) is 41.3 Å². The molecular formula is C17H19N3O2. The minimum atomic E-state index is 0.276. The summed E-state index contributed by atoms with van der Waals surface area (Å²) in [7, 11) is 4.12. The first-order chi connectivity index (χ1) is 10.7. The Hall–Kier alpha value is -2.40. The van der Waals surface area contributed by atoms with E-state index in [9.17, 15) is 0 Å². The fourth-order valence-electron chi connectivity index (χ4n) is 2.23. The Balaban J connectivity index is 1.89. The topological polar surface area (TPSA) is 47.0 Å². The molecule has 2 heterocycles. The van der Waals surface area contributed by atoms with Crippen molar-refractivity contribution >= 4 is 11.9 Å². The van der Waals surface area contributed by atoms with E-state index in [1.54, 1.807) is 12.4 Å². The standard InChI is InChI=1S/C17H19N3O2/c1-20(2)7-5-14-8-16-17(22-12-21-16)9-15(14)19-11-13-4-3-6-18-10-13/h3-4,6,8-11H,5,7,12H2,1-2H3. The summed E-state index contributed by atoms with van der Waals surface area (Å²) in [6.07, 6.45) is 6.27. The number of likely N-dealkylation sites (N-methyl/N-ethyl adjacent to an activating group) is 1. The third-order valence-corrected chi connectivity index (χ3v) is 3.44. The molecule has 0 amide bonds. The van der Waals surface area contributed by atoms with Gasteiger partial charge in [-0.05, 0) is 38.2 Å². The smallest absolute Gasteiger partial charge is 0.231 e. The highest BCUT2D eigenvalue weighted by molar-refractivity contribution is 5.82. The lowest BCUT2D eigenvalue weighted by Crippen LogP contribution is -2.15. The molecule has 0 fully saturated rings. The molecule has 1 aliphatic rings. The molecule has 5 nitrogen and oxygen atoms in total. The van der Waals surface area contributed by atoms with E-state index in [2.05, 4.69) is 29.0 Å². The molecule has 114 valence electrons. The molecule has 0 bridgehead atoms. The number of nitrogens with zero attached hydrogens (tertiary/aromatic N) is 3. The SMILES string of the molecule is CN(C)CCc1cc2c(cc1N=Cc1cccnc1)OCO2. The maximum absolute atomic E-state index is 5.47. The molecule has 5 heteroatoms. The van der Waals surface area contributed by atoms with Gasteiger partial charge in [-0.1, -0.05) is 6.07 Å². The van der Waals surface area contributed by atoms with Gasteiger partial charge in [0.15, 0.2) is 11.5 Å². The van der Waals surface area contributed by atoms with Crippen LogP contribution in [-0.4, -0.2) is 43.5 Å². The highest BCUT2D eigenvalue weighted by Gasteiger charge is 2.17. The Bertz CT molecular complexity index is 669. The van der Waals surface area contributed by atoms with Gasteiger partial charge in [-0.25, -0.2) is 0 Å². The lowest BCUT2D eigenvalue weighted by atomic mass is 10.1. The summed E-state index contributed by atoms with van der Waals surface area (Å²) < 4.78 is 10.9. The van der Waals surface area contributed by atoms with Crippen LogP contribution in [0.5, 0.6) is 11.5 Å². The van der Waals surface area contributed by atoms with Crippen molar-refractivity contribution in [2.45, 2.75) is 6.42 Å². The fourth-order valence-corrected chi connectivity index (χ4v) is 2.23. The number of aliphatic imine (C=N–C) groups is 1. The first kappa shape index (κ1) is 14.5. The lowest BCUT2D eigenvalue weighted by Gasteiger charge is -2.11. The van der Waals surface area contributed by atoms with Crippen LogP contribution in [0.25, 0.3) is 0 Å². The van der Waals surface area contributed by atoms with E-state index in [1.165, 1.54) is 0 Å². The zero-order valence-corrected chi connectivity index (χ0v) is 12.8. The fraction of sp³-hybridized carbons (Fsp3) is 0.294. The van der Waals surface area contributed by atoms with E-state index < -0.39 is 0 Å². The maximum atomic E-state index is 5.47. The number of benzene rings is 1. The van der Waals surface area contributed by atoms with Gasteiger partial charge in [-0.2, -0.15) is 0 Å². The molecule has 0 radical (unpaired) electrons. The van der Waals surface area contributed by atoms with Crippen molar-refractivity contribution in [3.8, 4) is 11.5 Å². The van der Waals surface area contributed by atoms with Crippen molar-refractivity contribution < 1.29 is 9.47 Å². The second kappa shape index (κ2) is 6.58. The Morgan fingerprint density at radius 1 is 1.27 bits per heavy atom. The molecule has 0 aliphatic carbocycles. The molecule has 1 aromatic carbocycles. The molecule has 0 spiro atoms. The Morgan fingerprint density at radius 3 is 2.82 bits per heavy atom. The predicted molar refractivity (Wildman–Crippen MR) is 86.3 cm³/mol. The second-order valence-electron chi connectivity index (χ2n) is 5.43. The molecule has 1 aliphatic heterocycles. The van der Waals surface area contributed by atoms with Crippen LogP contribution in [0.4, 0.5) is 5.69 Å². The second-order valence-corrected chi connectivity index (χ2v) is 5.43. The average molecular weight is 297 g/mol. The van der Waals surface area contributed by atoms with Gasteiger partial charge in [0.25, 0.3) is 0 Å². The number of hydrogen-bond donors (Lipinski definition) is 0. The van der Waals surface area contributed by atoms with E-state index >= 15 is 0 Å². The lowest BCUT2D eigenvalue weighted by molar-refractivity contribution is 0.174. The van der Waals surface area contributed by atoms with E-state index in [0.29, 0.717) is 0 Å². The van der Waals surface area contributed by atoms with Crippen molar-refractivity contribution in [3.63, 3.8) is 0 Å². The monoisotopic (exact) mass is 297 g/mol. The number of rotatable bonds is 5. The molecule has 0 saturated carbocycles. The van der Waals surface area contributed by atoms with Crippen molar-refractivity contribution in [2.75, 3.05) is 27.4 Å². The van der Waals surface area contributed by atoms with Crippen LogP contribution in [0.2, 0.25) is 0 Å². The van der Waals surface area contributed by atoms with Crippen LogP contribution in [0.3, 0.4) is 0 Å².